The smallest absolute Gasteiger partial charge is 0.249 e. The number of anilines is 1. The number of aliphatic imine (C=N–C) groups is 1. The van der Waals surface area contributed by atoms with E-state index in [9.17, 15) is 9.90 Å². The highest BCUT2D eigenvalue weighted by Crippen LogP contribution is 2.28. The van der Waals surface area contributed by atoms with Crippen LogP contribution in [0.3, 0.4) is 0 Å². The molecule has 1 aliphatic heterocycles. The summed E-state index contributed by atoms with van der Waals surface area (Å²) in [7, 11) is 0. The highest BCUT2D eigenvalue weighted by atomic mass is 35.5. The molecule has 2 N–H and O–H groups in total. The van der Waals surface area contributed by atoms with Gasteiger partial charge in [0, 0.05) is 22.6 Å². The average Bonchev–Trinajstić information content (AvgIpc) is 2.86. The van der Waals surface area contributed by atoms with Gasteiger partial charge in [0.05, 0.1) is 11.4 Å². The predicted octanol–water partition coefficient (Wildman–Crippen LogP) is 5.57. The molecule has 0 spiro atoms. The standard InChI is InChI=1S/C25H23ClN2O2/c1-15(2)17-5-3-16(4-6-17)13-23-25(30)28-22-12-9-19(26)14-21(22)24(27-23)18-7-10-20(29)11-8-18/h3-12,14-15,23,29H,13H2,1-2H3,(H,28,30). The van der Waals surface area contributed by atoms with Gasteiger partial charge >= 0.3 is 0 Å². The van der Waals surface area contributed by atoms with Crippen LogP contribution in [0, 0.1) is 0 Å². The topological polar surface area (TPSA) is 61.7 Å². The summed E-state index contributed by atoms with van der Waals surface area (Å²) in [6, 6.07) is 19.9. The Labute approximate surface area is 181 Å². The van der Waals surface area contributed by atoms with Crippen LogP contribution in [-0.4, -0.2) is 22.8 Å². The number of amides is 1. The summed E-state index contributed by atoms with van der Waals surface area (Å²) in [5.74, 6) is 0.481. The van der Waals surface area contributed by atoms with Gasteiger partial charge in [0.2, 0.25) is 5.91 Å². The van der Waals surface area contributed by atoms with E-state index in [1.54, 1.807) is 36.4 Å². The number of carbonyl (C=O) groups is 1. The molecule has 1 unspecified atom stereocenters. The molecule has 0 aromatic heterocycles. The van der Waals surface area contributed by atoms with Crippen molar-refractivity contribution >= 4 is 28.9 Å². The van der Waals surface area contributed by atoms with E-state index >= 15 is 0 Å². The molecule has 0 saturated carbocycles. The third-order valence-electron chi connectivity index (χ3n) is 5.30. The number of hydrogen-bond acceptors (Lipinski definition) is 3. The van der Waals surface area contributed by atoms with E-state index in [4.69, 9.17) is 16.6 Å². The SMILES string of the molecule is CC(C)c1ccc(CC2N=C(c3ccc(O)cc3)c3cc(Cl)ccc3NC2=O)cc1. The summed E-state index contributed by atoms with van der Waals surface area (Å²) >= 11 is 6.24. The van der Waals surface area contributed by atoms with Gasteiger partial charge in [-0.15, -0.1) is 0 Å². The number of phenolic OH excluding ortho intramolecular Hbond substituents is 1. The van der Waals surface area contributed by atoms with E-state index in [1.165, 1.54) is 5.56 Å². The van der Waals surface area contributed by atoms with Gasteiger partial charge in [-0.1, -0.05) is 49.7 Å². The second-order valence-corrected chi connectivity index (χ2v) is 8.26. The third kappa shape index (κ3) is 4.24. The lowest BCUT2D eigenvalue weighted by Crippen LogP contribution is -2.27. The molecule has 0 bridgehead atoms. The van der Waals surface area contributed by atoms with E-state index in [0.717, 1.165) is 16.7 Å². The fraction of sp³-hybridized carbons (Fsp3) is 0.200. The van der Waals surface area contributed by atoms with Crippen LogP contribution in [0.1, 0.15) is 42.0 Å². The van der Waals surface area contributed by atoms with Gasteiger partial charge in [0.25, 0.3) is 0 Å². The monoisotopic (exact) mass is 418 g/mol. The maximum atomic E-state index is 13.0. The van der Waals surface area contributed by atoms with Crippen LogP contribution in [0.5, 0.6) is 5.75 Å². The van der Waals surface area contributed by atoms with E-state index in [0.29, 0.717) is 28.8 Å². The van der Waals surface area contributed by atoms with Gasteiger partial charge < -0.3 is 10.4 Å². The number of phenols is 1. The highest BCUT2D eigenvalue weighted by Gasteiger charge is 2.26. The fourth-order valence-electron chi connectivity index (χ4n) is 3.57. The number of fused-ring (bicyclic) bond motifs is 1. The average molecular weight is 419 g/mol. The molecule has 0 saturated heterocycles. The number of rotatable bonds is 4. The van der Waals surface area contributed by atoms with Gasteiger partial charge in [-0.3, -0.25) is 9.79 Å². The van der Waals surface area contributed by atoms with Crippen LogP contribution in [0.25, 0.3) is 0 Å². The Balaban J connectivity index is 1.75. The summed E-state index contributed by atoms with van der Waals surface area (Å²) in [6.07, 6.45) is 0.494. The Bertz CT molecular complexity index is 1100. The second kappa shape index (κ2) is 8.33. The Morgan fingerprint density at radius 1 is 1.03 bits per heavy atom. The minimum Gasteiger partial charge on any atom is -0.508 e. The number of benzodiazepines with no additional fused rings is 1. The Morgan fingerprint density at radius 3 is 2.40 bits per heavy atom. The number of nitrogens with zero attached hydrogens (tertiary/aromatic N) is 1. The number of hydrogen-bond donors (Lipinski definition) is 2. The molecule has 0 fully saturated rings. The minimum absolute atomic E-state index is 0.153. The first-order valence-electron chi connectivity index (χ1n) is 9.97. The molecule has 30 heavy (non-hydrogen) atoms. The van der Waals surface area contributed by atoms with E-state index in [-0.39, 0.29) is 11.7 Å². The quantitative estimate of drug-likeness (QED) is 0.581. The Hall–Kier alpha value is -3.11. The molecule has 1 amide bonds. The van der Waals surface area contributed by atoms with Gasteiger partial charge in [-0.25, -0.2) is 0 Å². The number of aromatic hydroxyl groups is 1. The Kier molecular flexibility index (Phi) is 5.60. The zero-order valence-electron chi connectivity index (χ0n) is 16.9. The summed E-state index contributed by atoms with van der Waals surface area (Å²) in [5, 5.41) is 13.2. The summed E-state index contributed by atoms with van der Waals surface area (Å²) < 4.78 is 0. The lowest BCUT2D eigenvalue weighted by molar-refractivity contribution is -0.117. The maximum absolute atomic E-state index is 13.0. The van der Waals surface area contributed by atoms with Crippen molar-refractivity contribution in [3.8, 4) is 5.75 Å². The predicted molar refractivity (Wildman–Crippen MR) is 122 cm³/mol. The van der Waals surface area contributed by atoms with Crippen molar-refractivity contribution < 1.29 is 9.90 Å². The molecule has 5 heteroatoms. The van der Waals surface area contributed by atoms with E-state index in [2.05, 4.69) is 43.4 Å². The normalized spacial score (nSPS) is 15.9. The van der Waals surface area contributed by atoms with E-state index in [1.807, 2.05) is 6.07 Å². The van der Waals surface area contributed by atoms with Gasteiger partial charge in [-0.05, 0) is 59.5 Å². The highest BCUT2D eigenvalue weighted by molar-refractivity contribution is 6.32. The molecule has 3 aromatic rings. The van der Waals surface area contributed by atoms with Crippen LogP contribution in [0.15, 0.2) is 71.7 Å². The zero-order chi connectivity index (χ0) is 21.3. The number of carbonyl (C=O) groups excluding carboxylic acids is 1. The molecular weight excluding hydrogens is 396 g/mol. The number of halogens is 1. The van der Waals surface area contributed by atoms with Crippen molar-refractivity contribution in [2.75, 3.05) is 5.32 Å². The van der Waals surface area contributed by atoms with Crippen molar-refractivity contribution in [1.29, 1.82) is 0 Å². The van der Waals surface area contributed by atoms with Crippen molar-refractivity contribution in [3.63, 3.8) is 0 Å². The summed E-state index contributed by atoms with van der Waals surface area (Å²) in [6.45, 7) is 4.31. The van der Waals surface area contributed by atoms with Crippen LogP contribution in [0.2, 0.25) is 5.02 Å². The molecule has 0 radical (unpaired) electrons. The summed E-state index contributed by atoms with van der Waals surface area (Å²) in [5.41, 5.74) is 5.24. The van der Waals surface area contributed by atoms with Crippen LogP contribution < -0.4 is 5.32 Å². The second-order valence-electron chi connectivity index (χ2n) is 7.82. The third-order valence-corrected chi connectivity index (χ3v) is 5.53. The summed E-state index contributed by atoms with van der Waals surface area (Å²) in [4.78, 5) is 17.8. The number of benzene rings is 3. The first-order chi connectivity index (χ1) is 14.4. The lowest BCUT2D eigenvalue weighted by atomic mass is 9.98. The van der Waals surface area contributed by atoms with Crippen LogP contribution >= 0.6 is 11.6 Å². The van der Waals surface area contributed by atoms with Crippen molar-refractivity contribution in [3.05, 3.63) is 94.0 Å². The first kappa shape index (κ1) is 20.2. The lowest BCUT2D eigenvalue weighted by Gasteiger charge is -2.12. The fourth-order valence-corrected chi connectivity index (χ4v) is 3.74. The van der Waals surface area contributed by atoms with Gasteiger partial charge in [0.15, 0.2) is 0 Å². The van der Waals surface area contributed by atoms with Gasteiger partial charge in [0.1, 0.15) is 11.8 Å². The largest absolute Gasteiger partial charge is 0.508 e. The molecule has 0 aliphatic carbocycles. The molecule has 1 atom stereocenters. The number of nitrogens with one attached hydrogen (secondary N) is 1. The van der Waals surface area contributed by atoms with Crippen molar-refractivity contribution in [1.82, 2.24) is 0 Å². The molecule has 3 aromatic carbocycles. The van der Waals surface area contributed by atoms with Crippen LogP contribution in [0.4, 0.5) is 5.69 Å². The molecular formula is C25H23ClN2O2. The molecule has 152 valence electrons. The van der Waals surface area contributed by atoms with Gasteiger partial charge in [-0.2, -0.15) is 0 Å². The van der Waals surface area contributed by atoms with Crippen molar-refractivity contribution in [2.45, 2.75) is 32.2 Å². The molecule has 4 nitrogen and oxygen atoms in total. The Morgan fingerprint density at radius 2 is 1.73 bits per heavy atom. The molecule has 1 aliphatic rings. The molecule has 4 rings (SSSR count). The zero-order valence-corrected chi connectivity index (χ0v) is 17.6. The van der Waals surface area contributed by atoms with E-state index < -0.39 is 6.04 Å². The molecule has 1 heterocycles. The first-order valence-corrected chi connectivity index (χ1v) is 10.4. The minimum atomic E-state index is -0.579. The van der Waals surface area contributed by atoms with Crippen LogP contribution in [-0.2, 0) is 11.2 Å². The maximum Gasteiger partial charge on any atom is 0.249 e. The van der Waals surface area contributed by atoms with Crippen molar-refractivity contribution in [2.24, 2.45) is 4.99 Å².